The summed E-state index contributed by atoms with van der Waals surface area (Å²) in [6.45, 7) is 3.39. The number of carbonyl (C=O) groups excluding carboxylic acids is 1. The highest BCUT2D eigenvalue weighted by Gasteiger charge is 2.31. The van der Waals surface area contributed by atoms with Crippen molar-refractivity contribution in [2.45, 2.75) is 50.9 Å². The number of hydrogen-bond acceptors (Lipinski definition) is 5. The van der Waals surface area contributed by atoms with E-state index in [2.05, 4.69) is 5.32 Å². The van der Waals surface area contributed by atoms with Gasteiger partial charge in [-0.3, -0.25) is 4.79 Å². The molecule has 0 bridgehead atoms. The molecular formula is C13H23NO6. The number of hydrogen-bond donors (Lipinski definition) is 3. The van der Waals surface area contributed by atoms with Crippen molar-refractivity contribution in [3.05, 3.63) is 0 Å². The van der Waals surface area contributed by atoms with Gasteiger partial charge in [0.1, 0.15) is 6.10 Å². The van der Waals surface area contributed by atoms with Crippen LogP contribution in [-0.4, -0.2) is 59.7 Å². The Morgan fingerprint density at radius 3 is 2.75 bits per heavy atom. The van der Waals surface area contributed by atoms with Crippen molar-refractivity contribution in [3.63, 3.8) is 0 Å². The molecule has 116 valence electrons. The van der Waals surface area contributed by atoms with Crippen LogP contribution in [0.5, 0.6) is 0 Å². The molecule has 0 spiro atoms. The third-order valence-electron chi connectivity index (χ3n) is 3.24. The minimum Gasteiger partial charge on any atom is -0.479 e. The molecule has 1 saturated heterocycles. The lowest BCUT2D eigenvalue weighted by atomic mass is 10.1. The molecule has 1 amide bonds. The van der Waals surface area contributed by atoms with E-state index in [-0.39, 0.29) is 12.6 Å². The fourth-order valence-corrected chi connectivity index (χ4v) is 1.74. The minimum absolute atomic E-state index is 0.0149. The van der Waals surface area contributed by atoms with E-state index in [9.17, 15) is 14.7 Å². The van der Waals surface area contributed by atoms with Crippen molar-refractivity contribution >= 4 is 11.9 Å². The van der Waals surface area contributed by atoms with Gasteiger partial charge in [-0.05, 0) is 33.1 Å². The number of carboxylic acid groups (broad SMARTS) is 1. The van der Waals surface area contributed by atoms with E-state index in [1.165, 1.54) is 0 Å². The van der Waals surface area contributed by atoms with Gasteiger partial charge >= 0.3 is 5.97 Å². The molecule has 0 radical (unpaired) electrons. The van der Waals surface area contributed by atoms with Gasteiger partial charge in [0.25, 0.3) is 0 Å². The third kappa shape index (κ3) is 5.44. The molecule has 7 heteroatoms. The first kappa shape index (κ1) is 16.9. The lowest BCUT2D eigenvalue weighted by Crippen LogP contribution is -2.49. The van der Waals surface area contributed by atoms with Gasteiger partial charge < -0.3 is 25.0 Å². The number of carbonyl (C=O) groups is 2. The normalized spacial score (nSPS) is 23.6. The molecule has 20 heavy (non-hydrogen) atoms. The van der Waals surface area contributed by atoms with Crippen LogP contribution in [0.15, 0.2) is 0 Å². The van der Waals surface area contributed by atoms with Gasteiger partial charge in [0.2, 0.25) is 5.91 Å². The predicted octanol–water partition coefficient (Wildman–Crippen LogP) is -0.0876. The lowest BCUT2D eigenvalue weighted by Gasteiger charge is -2.24. The average molecular weight is 289 g/mol. The monoisotopic (exact) mass is 289 g/mol. The van der Waals surface area contributed by atoms with Crippen LogP contribution < -0.4 is 5.32 Å². The summed E-state index contributed by atoms with van der Waals surface area (Å²) in [5, 5.41) is 20.6. The number of amides is 1. The van der Waals surface area contributed by atoms with Crippen molar-refractivity contribution in [1.82, 2.24) is 5.32 Å². The van der Waals surface area contributed by atoms with Gasteiger partial charge in [0.15, 0.2) is 5.60 Å². The van der Waals surface area contributed by atoms with E-state index in [1.54, 1.807) is 6.92 Å². The summed E-state index contributed by atoms with van der Waals surface area (Å²) in [5.41, 5.74) is -1.98. The molecule has 3 N–H and O–H groups in total. The van der Waals surface area contributed by atoms with E-state index < -0.39 is 23.6 Å². The first-order chi connectivity index (χ1) is 9.33. The Labute approximate surface area is 118 Å². The highest BCUT2D eigenvalue weighted by atomic mass is 16.5. The maximum absolute atomic E-state index is 11.7. The van der Waals surface area contributed by atoms with Crippen molar-refractivity contribution in [3.8, 4) is 0 Å². The second kappa shape index (κ2) is 7.56. The number of aliphatic hydroxyl groups is 1. The summed E-state index contributed by atoms with van der Waals surface area (Å²) in [6, 6.07) is 0. The zero-order valence-electron chi connectivity index (χ0n) is 11.9. The Kier molecular flexibility index (Phi) is 6.38. The van der Waals surface area contributed by atoms with E-state index >= 15 is 0 Å². The summed E-state index contributed by atoms with van der Waals surface area (Å²) < 4.78 is 10.9. The van der Waals surface area contributed by atoms with Gasteiger partial charge in [-0.1, -0.05) is 0 Å². The van der Waals surface area contributed by atoms with Crippen LogP contribution in [0.4, 0.5) is 0 Å². The molecular weight excluding hydrogens is 266 g/mol. The maximum atomic E-state index is 11.7. The second-order valence-corrected chi connectivity index (χ2v) is 5.26. The van der Waals surface area contributed by atoms with Gasteiger partial charge in [0.05, 0.1) is 19.3 Å². The van der Waals surface area contributed by atoms with E-state index in [4.69, 9.17) is 14.6 Å². The molecule has 1 fully saturated rings. The summed E-state index contributed by atoms with van der Waals surface area (Å²) >= 11 is 0. The standard InChI is InChI=1S/C13H23NO6/c1-9(20-7-10-5-3-4-6-19-10)11(15)14-8-13(2,18)12(16)17/h9-10,18H,3-8H2,1-2H3,(H,14,15)(H,16,17). The Morgan fingerprint density at radius 2 is 2.20 bits per heavy atom. The highest BCUT2D eigenvalue weighted by Crippen LogP contribution is 2.13. The molecule has 1 aliphatic heterocycles. The third-order valence-corrected chi connectivity index (χ3v) is 3.24. The number of nitrogens with one attached hydrogen (secondary N) is 1. The lowest BCUT2D eigenvalue weighted by molar-refractivity contribution is -0.156. The molecule has 7 nitrogen and oxygen atoms in total. The quantitative estimate of drug-likeness (QED) is 0.605. The summed E-state index contributed by atoms with van der Waals surface area (Å²) in [6.07, 6.45) is 2.36. The average Bonchev–Trinajstić information content (AvgIpc) is 2.43. The Hall–Kier alpha value is -1.18. The Morgan fingerprint density at radius 1 is 1.50 bits per heavy atom. The molecule has 3 atom stereocenters. The van der Waals surface area contributed by atoms with Crippen LogP contribution in [-0.2, 0) is 19.1 Å². The molecule has 0 saturated carbocycles. The molecule has 0 aromatic carbocycles. The molecule has 0 aromatic rings. The van der Waals surface area contributed by atoms with Crippen LogP contribution in [0.3, 0.4) is 0 Å². The number of carboxylic acids is 1. The van der Waals surface area contributed by atoms with Crippen molar-refractivity contribution in [2.75, 3.05) is 19.8 Å². The Bertz CT molecular complexity index is 338. The number of rotatable bonds is 7. The van der Waals surface area contributed by atoms with Crippen molar-refractivity contribution in [2.24, 2.45) is 0 Å². The van der Waals surface area contributed by atoms with Gasteiger partial charge in [-0.2, -0.15) is 0 Å². The molecule has 0 aliphatic carbocycles. The fraction of sp³-hybridized carbons (Fsp3) is 0.846. The summed E-state index contributed by atoms with van der Waals surface area (Å²) in [7, 11) is 0. The number of ether oxygens (including phenoxy) is 2. The molecule has 1 aliphatic rings. The molecule has 1 heterocycles. The second-order valence-electron chi connectivity index (χ2n) is 5.26. The Balaban J connectivity index is 2.26. The minimum atomic E-state index is -1.98. The SMILES string of the molecule is CC(OCC1CCCCO1)C(=O)NCC(C)(O)C(=O)O. The topological polar surface area (TPSA) is 105 Å². The zero-order valence-corrected chi connectivity index (χ0v) is 11.9. The van der Waals surface area contributed by atoms with Gasteiger partial charge in [-0.25, -0.2) is 4.79 Å². The smallest absolute Gasteiger partial charge is 0.337 e. The van der Waals surface area contributed by atoms with Crippen molar-refractivity contribution < 1.29 is 29.3 Å². The number of aliphatic carboxylic acids is 1. The molecule has 0 aromatic heterocycles. The maximum Gasteiger partial charge on any atom is 0.337 e. The first-order valence-corrected chi connectivity index (χ1v) is 6.79. The predicted molar refractivity (Wildman–Crippen MR) is 70.3 cm³/mol. The van der Waals surface area contributed by atoms with Crippen LogP contribution >= 0.6 is 0 Å². The van der Waals surface area contributed by atoms with E-state index in [1.807, 2.05) is 0 Å². The van der Waals surface area contributed by atoms with Crippen LogP contribution in [0.25, 0.3) is 0 Å². The van der Waals surface area contributed by atoms with Gasteiger partial charge in [-0.15, -0.1) is 0 Å². The summed E-state index contributed by atoms with van der Waals surface area (Å²) in [5.74, 6) is -1.84. The summed E-state index contributed by atoms with van der Waals surface area (Å²) in [4.78, 5) is 22.4. The fourth-order valence-electron chi connectivity index (χ4n) is 1.74. The zero-order chi connectivity index (χ0) is 15.2. The van der Waals surface area contributed by atoms with Crippen LogP contribution in [0, 0.1) is 0 Å². The van der Waals surface area contributed by atoms with Gasteiger partial charge in [0, 0.05) is 6.61 Å². The van der Waals surface area contributed by atoms with Crippen LogP contribution in [0.1, 0.15) is 33.1 Å². The largest absolute Gasteiger partial charge is 0.479 e. The van der Waals surface area contributed by atoms with Crippen molar-refractivity contribution in [1.29, 1.82) is 0 Å². The van der Waals surface area contributed by atoms with E-state index in [0.717, 1.165) is 32.8 Å². The molecule has 1 rings (SSSR count). The van der Waals surface area contributed by atoms with E-state index in [0.29, 0.717) is 6.61 Å². The first-order valence-electron chi connectivity index (χ1n) is 6.79. The molecule has 3 unspecified atom stereocenters. The highest BCUT2D eigenvalue weighted by molar-refractivity contribution is 5.82. The van der Waals surface area contributed by atoms with Crippen LogP contribution in [0.2, 0.25) is 0 Å².